The summed E-state index contributed by atoms with van der Waals surface area (Å²) in [4.78, 5) is 4.78. The van der Waals surface area contributed by atoms with E-state index in [4.69, 9.17) is 0 Å². The summed E-state index contributed by atoms with van der Waals surface area (Å²) in [6.07, 6.45) is 20.8. The van der Waals surface area contributed by atoms with Gasteiger partial charge in [0.1, 0.15) is 0 Å². The standard InChI is InChI=1S/C90H88N2/c1-7-11-13-15-17-19-25-75-63-87(73-47-59-81(60-48-73)91(77-51-31-65(5)32-52-77)79-55-43-71(44-56-79)69-39-35-67(9-3)36-40-69)83-27-21-23-29-85(83)89(75)90-76(26-20-18-16-14-12-8-2)64-88(84-28-22-24-30-86(84)90)74-49-61-82(62-50-74)92(78-53-33-66(6)34-54-78)80-57-45-72(46-58-80)70-41-37-68(10-4)38-42-70/h9-10,21-24,27-64H,3-4,7-8,11-20,25-26H2,1-2,5-6H3. The molecule has 0 unspecified atom stereocenters. The molecule has 0 radical (unpaired) electrons. The Kier molecular flexibility index (Phi) is 20.3. The van der Waals surface area contributed by atoms with Crippen molar-refractivity contribution in [2.75, 3.05) is 9.80 Å². The molecule has 92 heavy (non-hydrogen) atoms. The molecule has 458 valence electrons. The van der Waals surface area contributed by atoms with Crippen molar-refractivity contribution in [1.29, 1.82) is 0 Å². The first-order chi connectivity index (χ1) is 45.3. The number of hydrogen-bond donors (Lipinski definition) is 0. The summed E-state index contributed by atoms with van der Waals surface area (Å²) in [7, 11) is 0. The van der Waals surface area contributed by atoms with E-state index in [2.05, 4.69) is 305 Å². The molecule has 12 aromatic rings. The third-order valence-corrected chi connectivity index (χ3v) is 18.8. The summed E-state index contributed by atoms with van der Waals surface area (Å²) in [5.74, 6) is 0. The second kappa shape index (κ2) is 29.9. The van der Waals surface area contributed by atoms with Crippen LogP contribution < -0.4 is 9.80 Å². The normalized spacial score (nSPS) is 11.3. The maximum absolute atomic E-state index is 3.96. The number of hydrogen-bond acceptors (Lipinski definition) is 2. The Hall–Kier alpha value is -9.76. The van der Waals surface area contributed by atoms with Crippen LogP contribution in [0, 0.1) is 13.8 Å². The molecule has 12 aromatic carbocycles. The quantitative estimate of drug-likeness (QED) is 0.0474. The Labute approximate surface area is 548 Å². The van der Waals surface area contributed by atoms with Gasteiger partial charge in [-0.15, -0.1) is 0 Å². The molecule has 0 spiro atoms. The third-order valence-electron chi connectivity index (χ3n) is 18.8. The molecule has 0 aromatic heterocycles. The first-order valence-corrected chi connectivity index (χ1v) is 34.0. The molecule has 0 atom stereocenters. The number of fused-ring (bicyclic) bond motifs is 2. The lowest BCUT2D eigenvalue weighted by Gasteiger charge is -2.26. The predicted molar refractivity (Wildman–Crippen MR) is 402 cm³/mol. The van der Waals surface area contributed by atoms with E-state index in [-0.39, 0.29) is 0 Å². The highest BCUT2D eigenvalue weighted by Gasteiger charge is 2.23. The van der Waals surface area contributed by atoms with Crippen LogP contribution in [0.15, 0.2) is 268 Å². The van der Waals surface area contributed by atoms with Gasteiger partial charge in [-0.1, -0.05) is 284 Å². The second-order valence-electron chi connectivity index (χ2n) is 25.2. The molecule has 0 aliphatic rings. The van der Waals surface area contributed by atoms with Crippen molar-refractivity contribution in [3.8, 4) is 55.6 Å². The Bertz CT molecular complexity index is 4110. The van der Waals surface area contributed by atoms with Crippen LogP contribution >= 0.6 is 0 Å². The van der Waals surface area contributed by atoms with Crippen molar-refractivity contribution in [2.24, 2.45) is 0 Å². The van der Waals surface area contributed by atoms with E-state index in [1.165, 1.54) is 164 Å². The lowest BCUT2D eigenvalue weighted by molar-refractivity contribution is 0.607. The molecule has 0 N–H and O–H groups in total. The molecule has 0 heterocycles. The average molecular weight is 1200 g/mol. The van der Waals surface area contributed by atoms with E-state index < -0.39 is 0 Å². The zero-order chi connectivity index (χ0) is 63.2. The topological polar surface area (TPSA) is 6.48 Å². The fraction of sp³-hybridized carbons (Fsp3) is 0.200. The van der Waals surface area contributed by atoms with Gasteiger partial charge in [0.2, 0.25) is 0 Å². The zero-order valence-electron chi connectivity index (χ0n) is 54.6. The van der Waals surface area contributed by atoms with Gasteiger partial charge in [0.25, 0.3) is 0 Å². The highest BCUT2D eigenvalue weighted by Crippen LogP contribution is 2.48. The molecular formula is C90H88N2. The number of nitrogens with zero attached hydrogens (tertiary/aromatic N) is 2. The van der Waals surface area contributed by atoms with Gasteiger partial charge in [-0.2, -0.15) is 0 Å². The molecule has 0 saturated heterocycles. The largest absolute Gasteiger partial charge is 0.311 e. The van der Waals surface area contributed by atoms with Crippen molar-refractivity contribution < 1.29 is 0 Å². The highest BCUT2D eigenvalue weighted by molar-refractivity contribution is 6.14. The van der Waals surface area contributed by atoms with E-state index >= 15 is 0 Å². The van der Waals surface area contributed by atoms with Crippen LogP contribution in [-0.2, 0) is 12.8 Å². The average Bonchev–Trinajstić information content (AvgIpc) is 0.741. The summed E-state index contributed by atoms with van der Waals surface area (Å²) in [6, 6.07) is 95.7. The van der Waals surface area contributed by atoms with Crippen molar-refractivity contribution in [3.05, 3.63) is 301 Å². The van der Waals surface area contributed by atoms with E-state index in [1.54, 1.807) is 0 Å². The smallest absolute Gasteiger partial charge is 0.0462 e. The predicted octanol–water partition coefficient (Wildman–Crippen LogP) is 27.0. The summed E-state index contributed by atoms with van der Waals surface area (Å²) in [6.45, 7) is 16.9. The Balaban J connectivity index is 0.955. The van der Waals surface area contributed by atoms with Crippen molar-refractivity contribution >= 4 is 67.8 Å². The van der Waals surface area contributed by atoms with Gasteiger partial charge in [-0.05, 0) is 224 Å². The van der Waals surface area contributed by atoms with Gasteiger partial charge in [0.05, 0.1) is 0 Å². The molecule has 0 aliphatic heterocycles. The van der Waals surface area contributed by atoms with E-state index in [0.29, 0.717) is 0 Å². The van der Waals surface area contributed by atoms with Crippen LogP contribution in [-0.4, -0.2) is 0 Å². The molecule has 2 nitrogen and oxygen atoms in total. The Morgan fingerprint density at radius 1 is 0.283 bits per heavy atom. The summed E-state index contributed by atoms with van der Waals surface area (Å²) in [5, 5.41) is 5.24. The lowest BCUT2D eigenvalue weighted by atomic mass is 9.80. The van der Waals surface area contributed by atoms with Crippen LogP contribution in [0.4, 0.5) is 34.1 Å². The Morgan fingerprint density at radius 2 is 0.543 bits per heavy atom. The minimum absolute atomic E-state index is 1.02. The number of unbranched alkanes of at least 4 members (excludes halogenated alkanes) is 10. The summed E-state index contributed by atoms with van der Waals surface area (Å²) < 4.78 is 0. The van der Waals surface area contributed by atoms with E-state index in [9.17, 15) is 0 Å². The number of aryl methyl sites for hydroxylation is 4. The minimum Gasteiger partial charge on any atom is -0.311 e. The SMILES string of the molecule is C=Cc1ccc(-c2ccc(N(c3ccc(C)cc3)c3ccc(-c4cc(CCCCCCCC)c(-c5c(CCCCCCCC)cc(-c6ccc(N(c7ccc(C)cc7)c7ccc(-c8ccc(C=C)cc8)cc7)cc6)c6ccccc56)c5ccccc45)cc3)cc2)cc1. The van der Waals surface area contributed by atoms with Crippen molar-refractivity contribution in [2.45, 2.75) is 118 Å². The van der Waals surface area contributed by atoms with Gasteiger partial charge in [-0.3, -0.25) is 0 Å². The van der Waals surface area contributed by atoms with Gasteiger partial charge in [0, 0.05) is 34.1 Å². The first-order valence-electron chi connectivity index (χ1n) is 34.0. The molecule has 0 fully saturated rings. The van der Waals surface area contributed by atoms with Gasteiger partial charge < -0.3 is 9.80 Å². The van der Waals surface area contributed by atoms with Crippen molar-refractivity contribution in [3.63, 3.8) is 0 Å². The maximum Gasteiger partial charge on any atom is 0.0462 e. The minimum atomic E-state index is 1.02. The number of rotatable bonds is 27. The monoisotopic (exact) mass is 1200 g/mol. The molecule has 2 heteroatoms. The zero-order valence-corrected chi connectivity index (χ0v) is 54.6. The van der Waals surface area contributed by atoms with Crippen molar-refractivity contribution in [1.82, 2.24) is 0 Å². The van der Waals surface area contributed by atoms with Gasteiger partial charge in [-0.25, -0.2) is 0 Å². The third kappa shape index (κ3) is 14.2. The molecule has 0 saturated carbocycles. The molecule has 12 rings (SSSR count). The lowest BCUT2D eigenvalue weighted by Crippen LogP contribution is -2.09. The molecular weight excluding hydrogens is 1110 g/mol. The van der Waals surface area contributed by atoms with Gasteiger partial charge >= 0.3 is 0 Å². The van der Waals surface area contributed by atoms with E-state index in [0.717, 1.165) is 70.9 Å². The number of anilines is 6. The highest BCUT2D eigenvalue weighted by atomic mass is 15.1. The summed E-state index contributed by atoms with van der Waals surface area (Å²) >= 11 is 0. The summed E-state index contributed by atoms with van der Waals surface area (Å²) in [5.41, 5.74) is 27.0. The molecule has 0 aliphatic carbocycles. The second-order valence-corrected chi connectivity index (χ2v) is 25.2. The van der Waals surface area contributed by atoms with Gasteiger partial charge in [0.15, 0.2) is 0 Å². The fourth-order valence-electron chi connectivity index (χ4n) is 13.6. The molecule has 0 amide bonds. The number of benzene rings is 12. The van der Waals surface area contributed by atoms with Crippen LogP contribution in [0.3, 0.4) is 0 Å². The molecule has 0 bridgehead atoms. The Morgan fingerprint density at radius 3 is 0.848 bits per heavy atom. The maximum atomic E-state index is 3.96. The van der Waals surface area contributed by atoms with Crippen LogP contribution in [0.2, 0.25) is 0 Å². The van der Waals surface area contributed by atoms with Crippen LogP contribution in [0.25, 0.3) is 89.3 Å². The first kappa shape index (κ1) is 62.4. The van der Waals surface area contributed by atoms with Crippen LogP contribution in [0.1, 0.15) is 124 Å². The fourth-order valence-corrected chi connectivity index (χ4v) is 13.6. The van der Waals surface area contributed by atoms with Crippen LogP contribution in [0.5, 0.6) is 0 Å². The van der Waals surface area contributed by atoms with E-state index in [1.807, 2.05) is 12.2 Å².